The Bertz CT molecular complexity index is 630. The van der Waals surface area contributed by atoms with Crippen LogP contribution < -0.4 is 0 Å². The van der Waals surface area contributed by atoms with Crippen LogP contribution in [-0.2, 0) is 18.9 Å². The van der Waals surface area contributed by atoms with E-state index in [0.29, 0.717) is 12.8 Å². The molecule has 0 heterocycles. The van der Waals surface area contributed by atoms with E-state index < -0.39 is 36.2 Å². The Balaban J connectivity index is 2.66. The van der Waals surface area contributed by atoms with Gasteiger partial charge in [0.05, 0.1) is 16.8 Å². The van der Waals surface area contributed by atoms with Crippen molar-refractivity contribution < 1.29 is 16.8 Å². The van der Waals surface area contributed by atoms with Crippen molar-refractivity contribution in [3.05, 3.63) is 22.8 Å². The average Bonchev–Trinajstić information content (AvgIpc) is 2.36. The molecule has 0 bridgehead atoms. The van der Waals surface area contributed by atoms with Crippen molar-refractivity contribution in [2.75, 3.05) is 11.5 Å². The zero-order valence-corrected chi connectivity index (χ0v) is 13.1. The molecular weight excluding hydrogens is 324 g/mol. The van der Waals surface area contributed by atoms with Gasteiger partial charge in [-0.2, -0.15) is 0 Å². The van der Waals surface area contributed by atoms with Gasteiger partial charge in [-0.3, -0.25) is 0 Å². The van der Waals surface area contributed by atoms with E-state index in [4.69, 9.17) is 23.8 Å². The van der Waals surface area contributed by atoms with Gasteiger partial charge in [0.1, 0.15) is 0 Å². The molecule has 1 rings (SSSR count). The molecule has 9 heteroatoms. The fourth-order valence-electron chi connectivity index (χ4n) is 2.31. The SMILES string of the molecule is [C-]#[N+]C1CCC(S(=O)(=O)CCCS(=O)(=O)Cl)CC1[N+]#[C-]. The Morgan fingerprint density at radius 3 is 2.10 bits per heavy atom. The van der Waals surface area contributed by atoms with Gasteiger partial charge in [0.2, 0.25) is 9.05 Å². The zero-order chi connectivity index (χ0) is 15.4. The number of hydrogen-bond donors (Lipinski definition) is 0. The van der Waals surface area contributed by atoms with Crippen molar-refractivity contribution in [3.8, 4) is 0 Å². The predicted molar refractivity (Wildman–Crippen MR) is 76.5 cm³/mol. The Morgan fingerprint density at radius 2 is 1.60 bits per heavy atom. The molecule has 0 saturated heterocycles. The summed E-state index contributed by atoms with van der Waals surface area (Å²) < 4.78 is 45.8. The fourth-order valence-corrected chi connectivity index (χ4v) is 5.17. The number of rotatable bonds is 5. The van der Waals surface area contributed by atoms with Gasteiger partial charge >= 0.3 is 0 Å². The van der Waals surface area contributed by atoms with Crippen molar-refractivity contribution >= 4 is 29.6 Å². The molecule has 0 spiro atoms. The van der Waals surface area contributed by atoms with Crippen molar-refractivity contribution in [1.82, 2.24) is 0 Å². The maximum absolute atomic E-state index is 12.1. The van der Waals surface area contributed by atoms with Crippen molar-refractivity contribution in [2.24, 2.45) is 0 Å². The van der Waals surface area contributed by atoms with Crippen LogP contribution in [0.15, 0.2) is 0 Å². The number of nitrogens with zero attached hydrogens (tertiary/aromatic N) is 2. The summed E-state index contributed by atoms with van der Waals surface area (Å²) in [6.07, 6.45) is 0.870. The highest BCUT2D eigenvalue weighted by Gasteiger charge is 2.43. The molecule has 1 fully saturated rings. The minimum absolute atomic E-state index is 0.0421. The van der Waals surface area contributed by atoms with Crippen LogP contribution in [0.1, 0.15) is 25.7 Å². The number of hydrogen-bond acceptors (Lipinski definition) is 4. The second-order valence-corrected chi connectivity index (χ2v) is 10.1. The van der Waals surface area contributed by atoms with E-state index in [0.717, 1.165) is 0 Å². The third-order valence-electron chi connectivity index (χ3n) is 3.39. The highest BCUT2D eigenvalue weighted by atomic mass is 35.7. The summed E-state index contributed by atoms with van der Waals surface area (Å²) in [7, 11) is -2.10. The van der Waals surface area contributed by atoms with E-state index in [1.807, 2.05) is 0 Å². The minimum Gasteiger partial charge on any atom is -0.305 e. The van der Waals surface area contributed by atoms with Crippen LogP contribution in [-0.4, -0.2) is 45.7 Å². The maximum atomic E-state index is 12.1. The van der Waals surface area contributed by atoms with Crippen LogP contribution in [0.25, 0.3) is 9.69 Å². The van der Waals surface area contributed by atoms with E-state index in [1.54, 1.807) is 0 Å². The fraction of sp³-hybridized carbons (Fsp3) is 0.818. The van der Waals surface area contributed by atoms with E-state index in [9.17, 15) is 16.8 Å². The van der Waals surface area contributed by atoms with Gasteiger partial charge in [-0.1, -0.05) is 0 Å². The molecule has 0 aromatic heterocycles. The summed E-state index contributed by atoms with van der Waals surface area (Å²) in [5, 5.41) is -0.655. The normalized spacial score (nSPS) is 27.4. The van der Waals surface area contributed by atoms with Gasteiger partial charge in [-0.05, 0) is 12.8 Å². The Kier molecular flexibility index (Phi) is 5.81. The van der Waals surface area contributed by atoms with Crippen LogP contribution in [0, 0.1) is 13.1 Å². The molecule has 1 saturated carbocycles. The third kappa shape index (κ3) is 4.93. The third-order valence-corrected chi connectivity index (χ3v) is 6.93. The van der Waals surface area contributed by atoms with Crippen LogP contribution in [0.2, 0.25) is 0 Å². The molecule has 0 radical (unpaired) electrons. The van der Waals surface area contributed by atoms with Gasteiger partial charge in [-0.25, -0.2) is 30.0 Å². The van der Waals surface area contributed by atoms with Crippen LogP contribution in [0.4, 0.5) is 0 Å². The van der Waals surface area contributed by atoms with Gasteiger partial charge in [0.25, 0.3) is 12.1 Å². The van der Waals surface area contributed by atoms with Crippen molar-refractivity contribution in [3.63, 3.8) is 0 Å². The molecule has 1 aliphatic rings. The highest BCUT2D eigenvalue weighted by Crippen LogP contribution is 2.29. The summed E-state index contributed by atoms with van der Waals surface area (Å²) in [6.45, 7) is 14.0. The lowest BCUT2D eigenvalue weighted by molar-refractivity contribution is 0.446. The largest absolute Gasteiger partial charge is 0.305 e. The quantitative estimate of drug-likeness (QED) is 0.562. The maximum Gasteiger partial charge on any atom is 0.298 e. The summed E-state index contributed by atoms with van der Waals surface area (Å²) in [6, 6.07) is -1.01. The topological polar surface area (TPSA) is 77.0 Å². The lowest BCUT2D eigenvalue weighted by Crippen LogP contribution is -2.37. The number of sulfone groups is 1. The first-order chi connectivity index (χ1) is 9.19. The van der Waals surface area contributed by atoms with E-state index in [-0.39, 0.29) is 24.3 Å². The summed E-state index contributed by atoms with van der Waals surface area (Å²) in [4.78, 5) is 6.69. The second-order valence-electron chi connectivity index (χ2n) is 4.79. The highest BCUT2D eigenvalue weighted by molar-refractivity contribution is 8.13. The lowest BCUT2D eigenvalue weighted by Gasteiger charge is -2.23. The molecule has 6 nitrogen and oxygen atoms in total. The molecule has 3 unspecified atom stereocenters. The average molecular weight is 339 g/mol. The van der Waals surface area contributed by atoms with Crippen LogP contribution in [0.3, 0.4) is 0 Å². The van der Waals surface area contributed by atoms with Gasteiger partial charge in [0, 0.05) is 23.5 Å². The Labute approximate surface area is 124 Å². The molecule has 0 aliphatic heterocycles. The predicted octanol–water partition coefficient (Wildman–Crippen LogP) is 1.49. The van der Waals surface area contributed by atoms with Gasteiger partial charge in [0.15, 0.2) is 9.84 Å². The molecule has 1 aliphatic carbocycles. The monoisotopic (exact) mass is 338 g/mol. The summed E-state index contributed by atoms with van der Waals surface area (Å²) in [5.74, 6) is -0.631. The molecule has 0 aromatic rings. The van der Waals surface area contributed by atoms with Crippen molar-refractivity contribution in [2.45, 2.75) is 43.0 Å². The van der Waals surface area contributed by atoms with E-state index >= 15 is 0 Å². The second kappa shape index (κ2) is 6.75. The molecule has 112 valence electrons. The van der Waals surface area contributed by atoms with Crippen molar-refractivity contribution in [1.29, 1.82) is 0 Å². The first-order valence-corrected chi connectivity index (χ1v) is 10.3. The standard InChI is InChI=1S/C11H15ClN2O4S2/c1-13-10-5-4-9(8-11(10)14-2)19(15,16)6-3-7-20(12,17)18/h9-11H,3-8H2. The molecule has 20 heavy (non-hydrogen) atoms. The summed E-state index contributed by atoms with van der Waals surface area (Å²) in [5.41, 5.74) is 0. The smallest absolute Gasteiger partial charge is 0.298 e. The van der Waals surface area contributed by atoms with Gasteiger partial charge < -0.3 is 9.69 Å². The van der Waals surface area contributed by atoms with Crippen LogP contribution in [0.5, 0.6) is 0 Å². The minimum atomic E-state index is -3.69. The van der Waals surface area contributed by atoms with E-state index in [2.05, 4.69) is 9.69 Å². The molecule has 0 amide bonds. The lowest BCUT2D eigenvalue weighted by atomic mass is 9.91. The van der Waals surface area contributed by atoms with Crippen LogP contribution >= 0.6 is 10.7 Å². The number of halogens is 1. The van der Waals surface area contributed by atoms with Gasteiger partial charge in [-0.15, -0.1) is 0 Å². The first kappa shape index (κ1) is 17.2. The molecular formula is C11H15ClN2O4S2. The summed E-state index contributed by atoms with van der Waals surface area (Å²) >= 11 is 0. The van der Waals surface area contributed by atoms with E-state index in [1.165, 1.54) is 0 Å². The first-order valence-electron chi connectivity index (χ1n) is 6.06. The molecule has 0 aromatic carbocycles. The Morgan fingerprint density at radius 1 is 1.00 bits per heavy atom. The molecule has 0 N–H and O–H groups in total. The zero-order valence-electron chi connectivity index (χ0n) is 10.7. The molecule has 3 atom stereocenters. The Hall–Kier alpha value is -0.830.